The van der Waals surface area contributed by atoms with Gasteiger partial charge in [0.25, 0.3) is 0 Å². The Morgan fingerprint density at radius 3 is 1.53 bits per heavy atom. The molecule has 0 bridgehead atoms. The van der Waals surface area contributed by atoms with E-state index in [0.29, 0.717) is 0 Å². The van der Waals surface area contributed by atoms with Gasteiger partial charge in [-0.25, -0.2) is 0 Å². The summed E-state index contributed by atoms with van der Waals surface area (Å²) in [5, 5.41) is 6.18. The molecule has 0 heterocycles. The van der Waals surface area contributed by atoms with Gasteiger partial charge in [0.1, 0.15) is 8.24 Å². The number of rotatable bonds is 6. The maximum atomic E-state index is 6.18. The second kappa shape index (κ2) is 5.45. The smallest absolute Gasteiger partial charge is 0.201 e. The van der Waals surface area contributed by atoms with Gasteiger partial charge in [0, 0.05) is 0 Å². The van der Waals surface area contributed by atoms with E-state index >= 15 is 0 Å². The summed E-state index contributed by atoms with van der Waals surface area (Å²) >= 11 is 0. The van der Waals surface area contributed by atoms with Crippen molar-refractivity contribution in [3.8, 4) is 0 Å². The predicted molar refractivity (Wildman–Crippen MR) is 91.3 cm³/mol. The third-order valence-corrected chi connectivity index (χ3v) is 15.4. The Morgan fingerprint density at radius 1 is 0.824 bits per heavy atom. The van der Waals surface area contributed by atoms with Crippen LogP contribution in [0.25, 0.3) is 0 Å². The first-order valence-electron chi connectivity index (χ1n) is 6.01. The van der Waals surface area contributed by atoms with E-state index in [1.54, 1.807) is 0 Å². The first-order chi connectivity index (χ1) is 7.12. The fraction of sp³-hybridized carbons (Fsp3) is 1.00. The van der Waals surface area contributed by atoms with Gasteiger partial charge in [0.2, 0.25) is 8.40 Å². The molecule has 8 heteroatoms. The zero-order valence-corrected chi connectivity index (χ0v) is 16.8. The average Bonchev–Trinajstić information content (AvgIpc) is 1.65. The Bertz CT molecular complexity index is 232. The lowest BCUT2D eigenvalue weighted by Crippen LogP contribution is -2.68. The highest BCUT2D eigenvalue weighted by Crippen LogP contribution is 2.32. The van der Waals surface area contributed by atoms with E-state index in [-0.39, 0.29) is 0 Å². The predicted octanol–water partition coefficient (Wildman–Crippen LogP) is 1.85. The molecule has 0 aromatic heterocycles. The van der Waals surface area contributed by atoms with Crippen LogP contribution in [0.3, 0.4) is 0 Å². The molecule has 5 N–H and O–H groups in total. The molecule has 0 aromatic rings. The fourth-order valence-corrected chi connectivity index (χ4v) is 21.5. The molecule has 0 radical (unpaired) electrons. The molecule has 0 aliphatic heterocycles. The Labute approximate surface area is 113 Å². The first-order valence-corrected chi connectivity index (χ1v) is 18.0. The van der Waals surface area contributed by atoms with Crippen molar-refractivity contribution in [2.45, 2.75) is 45.8 Å². The summed E-state index contributed by atoms with van der Waals surface area (Å²) in [6.45, 7) is 16.0. The van der Waals surface area contributed by atoms with Crippen molar-refractivity contribution in [3.05, 3.63) is 0 Å². The third-order valence-electron chi connectivity index (χ3n) is 1.72. The molecule has 0 saturated carbocycles. The minimum atomic E-state index is -1.72. The lowest BCUT2D eigenvalue weighted by atomic mass is 11.8. The van der Waals surface area contributed by atoms with E-state index in [1.165, 1.54) is 0 Å². The fourth-order valence-electron chi connectivity index (χ4n) is 2.28. The molecule has 0 amide bonds. The van der Waals surface area contributed by atoms with Crippen LogP contribution in [0.2, 0.25) is 45.8 Å². The molecule has 4 nitrogen and oxygen atoms in total. The molecule has 0 aliphatic carbocycles. The summed E-state index contributed by atoms with van der Waals surface area (Å²) in [5.74, 6) is 0. The molecular formula is C9H32N4SSi3. The molecule has 0 fully saturated rings. The molecule has 106 valence electrons. The SMILES string of the molecule is C[Si](C)(C)N[Si](C)(C)NS(C)(C)N[Si](C)(C)N. The summed E-state index contributed by atoms with van der Waals surface area (Å²) < 4.78 is 11.3. The van der Waals surface area contributed by atoms with Crippen molar-refractivity contribution in [3.63, 3.8) is 0 Å². The number of hydrogen-bond donors (Lipinski definition) is 4. The Balaban J connectivity index is 4.59. The van der Waals surface area contributed by atoms with Gasteiger partial charge in [-0.1, -0.05) is 19.6 Å². The van der Waals surface area contributed by atoms with E-state index in [2.05, 4.69) is 71.8 Å². The van der Waals surface area contributed by atoms with Gasteiger partial charge >= 0.3 is 0 Å². The van der Waals surface area contributed by atoms with E-state index < -0.39 is 35.4 Å². The lowest BCUT2D eigenvalue weighted by Gasteiger charge is -2.46. The largest absolute Gasteiger partial charge is 0.347 e. The van der Waals surface area contributed by atoms with Crippen molar-refractivity contribution in [2.75, 3.05) is 12.5 Å². The monoisotopic (exact) mass is 312 g/mol. The van der Waals surface area contributed by atoms with E-state index in [1.807, 2.05) is 0 Å². The van der Waals surface area contributed by atoms with Crippen LogP contribution < -0.4 is 18.8 Å². The Kier molecular flexibility index (Phi) is 5.72. The highest BCUT2D eigenvalue weighted by molar-refractivity contribution is 8.31. The molecule has 0 saturated heterocycles. The molecular weight excluding hydrogens is 280 g/mol. The summed E-state index contributed by atoms with van der Waals surface area (Å²) in [6.07, 6.45) is 4.52. The molecule has 0 spiro atoms. The second-order valence-electron chi connectivity index (χ2n) is 7.25. The van der Waals surface area contributed by atoms with Crippen molar-refractivity contribution >= 4 is 35.4 Å². The van der Waals surface area contributed by atoms with E-state index in [0.717, 1.165) is 0 Å². The second-order valence-corrected chi connectivity index (χ2v) is 23.7. The van der Waals surface area contributed by atoms with Gasteiger partial charge in [-0.3, -0.25) is 8.78 Å². The normalized spacial score (nSPS) is 16.1. The summed E-state index contributed by atoms with van der Waals surface area (Å²) in [6, 6.07) is 0. The Hall–Kier alpha value is 0.841. The van der Waals surface area contributed by atoms with Crippen LogP contribution in [0.1, 0.15) is 0 Å². The van der Waals surface area contributed by atoms with Crippen molar-refractivity contribution in [2.24, 2.45) is 5.40 Å². The highest BCUT2D eigenvalue weighted by Gasteiger charge is 2.33. The van der Waals surface area contributed by atoms with E-state index in [4.69, 9.17) is 5.40 Å². The molecule has 0 unspecified atom stereocenters. The highest BCUT2D eigenvalue weighted by atomic mass is 32.3. The number of hydrogen-bond acceptors (Lipinski definition) is 4. The molecule has 0 aliphatic rings. The van der Waals surface area contributed by atoms with Gasteiger partial charge in [-0.15, -0.1) is 0 Å². The minimum absolute atomic E-state index is 1.01. The maximum Gasteiger partial charge on any atom is 0.201 e. The lowest BCUT2D eigenvalue weighted by molar-refractivity contribution is 1.20. The molecule has 17 heavy (non-hydrogen) atoms. The molecule has 0 rings (SSSR count). The van der Waals surface area contributed by atoms with Crippen molar-refractivity contribution in [1.29, 1.82) is 0 Å². The van der Waals surface area contributed by atoms with Crippen LogP contribution in [-0.4, -0.2) is 37.5 Å². The van der Waals surface area contributed by atoms with Crippen molar-refractivity contribution in [1.82, 2.24) is 13.4 Å². The van der Waals surface area contributed by atoms with Gasteiger partial charge in [-0.2, -0.15) is 10.4 Å². The van der Waals surface area contributed by atoms with Gasteiger partial charge in [-0.05, 0) is 38.7 Å². The molecule has 0 aromatic carbocycles. The number of nitrogens with one attached hydrogen (secondary N) is 3. The topological polar surface area (TPSA) is 62.1 Å². The minimum Gasteiger partial charge on any atom is -0.347 e. The van der Waals surface area contributed by atoms with Gasteiger partial charge in [0.15, 0.2) is 8.40 Å². The van der Waals surface area contributed by atoms with Crippen LogP contribution in [0.5, 0.6) is 0 Å². The quantitative estimate of drug-likeness (QED) is 0.565. The van der Waals surface area contributed by atoms with Gasteiger partial charge in [0.05, 0.1) is 0 Å². The van der Waals surface area contributed by atoms with Crippen LogP contribution in [-0.2, 0) is 0 Å². The van der Waals surface area contributed by atoms with E-state index in [9.17, 15) is 0 Å². The Morgan fingerprint density at radius 2 is 1.24 bits per heavy atom. The van der Waals surface area contributed by atoms with Crippen LogP contribution >= 0.6 is 10.4 Å². The zero-order valence-electron chi connectivity index (χ0n) is 13.0. The summed E-state index contributed by atoms with van der Waals surface area (Å²) in [7, 11) is -5.54. The van der Waals surface area contributed by atoms with Gasteiger partial charge < -0.3 is 10.0 Å². The number of nitrogens with two attached hydrogens (primary N) is 1. The molecule has 0 atom stereocenters. The third kappa shape index (κ3) is 10.4. The first kappa shape index (κ1) is 17.8. The summed E-state index contributed by atoms with van der Waals surface area (Å²) in [4.78, 5) is 0. The standard InChI is InChI=1S/C9H32N4SSi3/c1-14(2,11-16(6,7)10)12-17(8,9)13-15(3,4)5/h11-13H,10H2,1-9H3. The average molecular weight is 313 g/mol. The van der Waals surface area contributed by atoms with Crippen molar-refractivity contribution < 1.29 is 0 Å². The maximum absolute atomic E-state index is 6.18. The van der Waals surface area contributed by atoms with Crippen LogP contribution in [0.4, 0.5) is 0 Å². The van der Waals surface area contributed by atoms with Crippen LogP contribution in [0.15, 0.2) is 0 Å². The zero-order chi connectivity index (χ0) is 14.1. The summed E-state index contributed by atoms with van der Waals surface area (Å²) in [5.41, 5.74) is 0. The van der Waals surface area contributed by atoms with Crippen LogP contribution in [0, 0.1) is 0 Å².